The van der Waals surface area contributed by atoms with Crippen molar-refractivity contribution in [2.45, 2.75) is 13.3 Å². The maximum atomic E-state index is 13.9. The van der Waals surface area contributed by atoms with Gasteiger partial charge in [-0.15, -0.1) is 0 Å². The van der Waals surface area contributed by atoms with Crippen molar-refractivity contribution in [3.05, 3.63) is 41.6 Å². The maximum absolute atomic E-state index is 13.9. The van der Waals surface area contributed by atoms with Crippen molar-refractivity contribution in [1.82, 2.24) is 15.1 Å². The third-order valence-electron chi connectivity index (χ3n) is 4.20. The van der Waals surface area contributed by atoms with Gasteiger partial charge in [0.05, 0.1) is 24.1 Å². The average Bonchev–Trinajstić information content (AvgIpc) is 3.19. The van der Waals surface area contributed by atoms with Gasteiger partial charge in [-0.05, 0) is 19.1 Å². The first-order valence-corrected chi connectivity index (χ1v) is 7.93. The van der Waals surface area contributed by atoms with E-state index < -0.39 is 17.6 Å². The number of carbonyl (C=O) groups is 2. The second-order valence-corrected chi connectivity index (χ2v) is 5.86. The number of hydrogen-bond donors (Lipinski definition) is 1. The maximum Gasteiger partial charge on any atom is 0.342 e. The van der Waals surface area contributed by atoms with Crippen LogP contribution in [0.4, 0.5) is 8.78 Å². The van der Waals surface area contributed by atoms with Gasteiger partial charge in [0.2, 0.25) is 5.91 Å². The van der Waals surface area contributed by atoms with E-state index in [1.54, 1.807) is 4.90 Å². The van der Waals surface area contributed by atoms with E-state index in [-0.39, 0.29) is 35.3 Å². The van der Waals surface area contributed by atoms with Gasteiger partial charge in [0.1, 0.15) is 17.2 Å². The van der Waals surface area contributed by atoms with E-state index in [0.717, 1.165) is 12.1 Å². The summed E-state index contributed by atoms with van der Waals surface area (Å²) in [4.78, 5) is 25.7. The summed E-state index contributed by atoms with van der Waals surface area (Å²) in [5.41, 5.74) is -0.487. The van der Waals surface area contributed by atoms with Crippen LogP contribution in [0.25, 0.3) is 11.3 Å². The Morgan fingerprint density at radius 2 is 2.12 bits per heavy atom. The molecule has 0 spiro atoms. The molecule has 1 aliphatic heterocycles. The van der Waals surface area contributed by atoms with E-state index in [1.807, 2.05) is 6.92 Å². The first kappa shape index (κ1) is 17.1. The van der Waals surface area contributed by atoms with Crippen LogP contribution < -0.4 is 0 Å². The lowest BCUT2D eigenvalue weighted by atomic mass is 10.1. The predicted molar refractivity (Wildman–Crippen MR) is 84.6 cm³/mol. The highest BCUT2D eigenvalue weighted by molar-refractivity contribution is 5.96. The molecule has 0 aliphatic carbocycles. The molecule has 0 unspecified atom stereocenters. The van der Waals surface area contributed by atoms with Crippen LogP contribution >= 0.6 is 0 Å². The van der Waals surface area contributed by atoms with Crippen molar-refractivity contribution in [2.75, 3.05) is 19.7 Å². The minimum Gasteiger partial charge on any atom is -0.462 e. The minimum absolute atomic E-state index is 0.0287. The van der Waals surface area contributed by atoms with Crippen LogP contribution in [0.5, 0.6) is 0 Å². The first-order valence-electron chi connectivity index (χ1n) is 7.93. The van der Waals surface area contributed by atoms with Gasteiger partial charge in [-0.1, -0.05) is 6.07 Å². The summed E-state index contributed by atoms with van der Waals surface area (Å²) in [5, 5.41) is 6.14. The average molecular weight is 349 g/mol. The van der Waals surface area contributed by atoms with Gasteiger partial charge < -0.3 is 9.64 Å². The molecule has 1 atom stereocenters. The molecule has 1 aromatic carbocycles. The Labute approximate surface area is 142 Å². The summed E-state index contributed by atoms with van der Waals surface area (Å²) in [6.45, 7) is 3.09. The number of likely N-dealkylation sites (tertiary alicyclic amines) is 1. The van der Waals surface area contributed by atoms with Crippen LogP contribution in [-0.2, 0) is 9.53 Å². The molecule has 3 rings (SSSR count). The molecule has 1 aromatic heterocycles. The Hall–Kier alpha value is -2.77. The van der Waals surface area contributed by atoms with Crippen LogP contribution in [0.2, 0.25) is 0 Å². The fourth-order valence-corrected chi connectivity index (χ4v) is 2.91. The third kappa shape index (κ3) is 3.38. The van der Waals surface area contributed by atoms with Crippen LogP contribution in [0, 0.1) is 17.6 Å². The van der Waals surface area contributed by atoms with E-state index >= 15 is 0 Å². The quantitative estimate of drug-likeness (QED) is 0.841. The smallest absolute Gasteiger partial charge is 0.342 e. The lowest BCUT2D eigenvalue weighted by molar-refractivity contribution is -0.127. The summed E-state index contributed by atoms with van der Waals surface area (Å²) in [6.07, 6.45) is 1.49. The largest absolute Gasteiger partial charge is 0.462 e. The number of amides is 1. The molecule has 132 valence electrons. The summed E-state index contributed by atoms with van der Waals surface area (Å²) in [7, 11) is 0. The van der Waals surface area contributed by atoms with Gasteiger partial charge in [0.25, 0.3) is 0 Å². The van der Waals surface area contributed by atoms with E-state index in [9.17, 15) is 18.4 Å². The van der Waals surface area contributed by atoms with Crippen LogP contribution in [0.1, 0.15) is 23.7 Å². The van der Waals surface area contributed by atoms with E-state index in [2.05, 4.69) is 10.2 Å². The summed E-state index contributed by atoms with van der Waals surface area (Å²) >= 11 is 0. The highest BCUT2D eigenvalue weighted by Crippen LogP contribution is 2.28. The number of ether oxygens (including phenoxy) is 1. The van der Waals surface area contributed by atoms with Crippen LogP contribution in [-0.4, -0.2) is 46.7 Å². The van der Waals surface area contributed by atoms with Gasteiger partial charge in [-0.3, -0.25) is 9.89 Å². The molecule has 1 fully saturated rings. The Morgan fingerprint density at radius 1 is 1.40 bits per heavy atom. The molecule has 2 heterocycles. The summed E-state index contributed by atoms with van der Waals surface area (Å²) < 4.78 is 33.1. The molecule has 1 saturated heterocycles. The number of esters is 1. The molecule has 8 heteroatoms. The van der Waals surface area contributed by atoms with Crippen molar-refractivity contribution in [3.63, 3.8) is 0 Å². The van der Waals surface area contributed by atoms with Crippen molar-refractivity contribution in [2.24, 2.45) is 5.92 Å². The zero-order valence-electron chi connectivity index (χ0n) is 13.6. The summed E-state index contributed by atoms with van der Waals surface area (Å²) in [5.74, 6) is -2.41. The molecular formula is C17H17F2N3O3. The van der Waals surface area contributed by atoms with Gasteiger partial charge >= 0.3 is 5.97 Å². The molecule has 1 N–H and O–H groups in total. The molecule has 0 radical (unpaired) electrons. The third-order valence-corrected chi connectivity index (χ3v) is 4.20. The molecule has 1 amide bonds. The van der Waals surface area contributed by atoms with Crippen molar-refractivity contribution >= 4 is 11.9 Å². The number of hydrogen-bond acceptors (Lipinski definition) is 4. The van der Waals surface area contributed by atoms with Crippen LogP contribution in [0.15, 0.2) is 24.4 Å². The lowest BCUT2D eigenvalue weighted by Gasteiger charge is -2.13. The van der Waals surface area contributed by atoms with Crippen molar-refractivity contribution in [1.29, 1.82) is 0 Å². The first-order chi connectivity index (χ1) is 12.0. The number of aromatic nitrogens is 2. The minimum atomic E-state index is -0.807. The SMILES string of the molecule is CCN1C[C@H](COC(=O)c2cn[nH]c2-c2c(F)cccc2F)CC1=O. The second-order valence-electron chi connectivity index (χ2n) is 5.86. The summed E-state index contributed by atoms with van der Waals surface area (Å²) in [6, 6.07) is 3.43. The number of carbonyl (C=O) groups excluding carboxylic acids is 2. The van der Waals surface area contributed by atoms with E-state index in [1.165, 1.54) is 12.3 Å². The molecule has 2 aromatic rings. The lowest BCUT2D eigenvalue weighted by Crippen LogP contribution is -2.25. The number of benzene rings is 1. The highest BCUT2D eigenvalue weighted by atomic mass is 19.1. The zero-order chi connectivity index (χ0) is 18.0. The van der Waals surface area contributed by atoms with Gasteiger partial charge in [-0.25, -0.2) is 13.6 Å². The zero-order valence-corrected chi connectivity index (χ0v) is 13.6. The van der Waals surface area contributed by atoms with Crippen molar-refractivity contribution in [3.8, 4) is 11.3 Å². The predicted octanol–water partition coefficient (Wildman–Crippen LogP) is 2.38. The Balaban J connectivity index is 1.73. The molecule has 0 bridgehead atoms. The Bertz CT molecular complexity index is 786. The van der Waals surface area contributed by atoms with E-state index in [0.29, 0.717) is 19.5 Å². The molecule has 6 nitrogen and oxygen atoms in total. The number of halogens is 2. The number of aromatic amines is 1. The van der Waals surface area contributed by atoms with Gasteiger partial charge in [0, 0.05) is 25.4 Å². The Morgan fingerprint density at radius 3 is 2.76 bits per heavy atom. The molecule has 1 aliphatic rings. The fourth-order valence-electron chi connectivity index (χ4n) is 2.91. The van der Waals surface area contributed by atoms with E-state index in [4.69, 9.17) is 4.74 Å². The second kappa shape index (κ2) is 7.00. The number of rotatable bonds is 5. The molecular weight excluding hydrogens is 332 g/mol. The number of nitrogens with one attached hydrogen (secondary N) is 1. The Kier molecular flexibility index (Phi) is 4.78. The van der Waals surface area contributed by atoms with Crippen LogP contribution in [0.3, 0.4) is 0 Å². The standard InChI is InChI=1S/C17H17F2N3O3/c1-2-22-8-10(6-14(22)23)9-25-17(24)11-7-20-21-16(11)15-12(18)4-3-5-13(15)19/h3-5,7,10H,2,6,8-9H2,1H3,(H,20,21)/t10-/m1/s1. The highest BCUT2D eigenvalue weighted by Gasteiger charge is 2.30. The fraction of sp³-hybridized carbons (Fsp3) is 0.353. The number of H-pyrrole nitrogens is 1. The van der Waals surface area contributed by atoms with Gasteiger partial charge in [-0.2, -0.15) is 5.10 Å². The normalized spacial score (nSPS) is 17.2. The van der Waals surface area contributed by atoms with Crippen molar-refractivity contribution < 1.29 is 23.1 Å². The molecule has 25 heavy (non-hydrogen) atoms. The monoisotopic (exact) mass is 349 g/mol. The topological polar surface area (TPSA) is 75.3 Å². The molecule has 0 saturated carbocycles. The van der Waals surface area contributed by atoms with Gasteiger partial charge in [0.15, 0.2) is 0 Å². The number of nitrogens with zero attached hydrogens (tertiary/aromatic N) is 2.